The van der Waals surface area contributed by atoms with Gasteiger partial charge in [-0.3, -0.25) is 0 Å². The third kappa shape index (κ3) is 3.52. The van der Waals surface area contributed by atoms with Gasteiger partial charge in [0.05, 0.1) is 5.69 Å². The normalized spacial score (nSPS) is 23.2. The van der Waals surface area contributed by atoms with Crippen molar-refractivity contribution < 1.29 is 17.2 Å². The van der Waals surface area contributed by atoms with Gasteiger partial charge in [0.1, 0.15) is 16.5 Å². The molecule has 7 heteroatoms. The van der Waals surface area contributed by atoms with Crippen LogP contribution >= 0.6 is 0 Å². The van der Waals surface area contributed by atoms with E-state index in [-0.39, 0.29) is 17.6 Å². The van der Waals surface area contributed by atoms with Crippen LogP contribution in [0.15, 0.2) is 17.0 Å². The van der Waals surface area contributed by atoms with Crippen molar-refractivity contribution >= 4 is 15.7 Å². The van der Waals surface area contributed by atoms with Gasteiger partial charge in [0.25, 0.3) is 0 Å². The van der Waals surface area contributed by atoms with Crippen LogP contribution in [0.1, 0.15) is 39.0 Å². The number of sulfonamides is 1. The Balaban J connectivity index is 2.28. The second-order valence-electron chi connectivity index (χ2n) is 5.48. The number of nitrogens with one attached hydrogen (secondary N) is 1. The van der Waals surface area contributed by atoms with Crippen LogP contribution < -0.4 is 10.5 Å². The maximum Gasteiger partial charge on any atom is 0.243 e. The molecule has 1 aliphatic carbocycles. The van der Waals surface area contributed by atoms with Gasteiger partial charge in [0.15, 0.2) is 0 Å². The summed E-state index contributed by atoms with van der Waals surface area (Å²) in [5, 5.41) is 0. The highest BCUT2D eigenvalue weighted by Crippen LogP contribution is 2.29. The molecule has 0 radical (unpaired) electrons. The molecule has 4 nitrogen and oxygen atoms in total. The molecule has 2 atom stereocenters. The fraction of sp³-hybridized carbons (Fsp3) is 0.571. The standard InChI is InChI=1S/C14H20F2N2O2S/c1-2-9-5-3-4-6-13(9)18-21(19,20)14-8-12(17)10(15)7-11(14)16/h7-9,13,18H,2-6,17H2,1H3. The zero-order valence-corrected chi connectivity index (χ0v) is 12.7. The van der Waals surface area contributed by atoms with E-state index in [1.807, 2.05) is 6.92 Å². The highest BCUT2D eigenvalue weighted by Gasteiger charge is 2.30. The molecule has 0 saturated heterocycles. The molecule has 3 N–H and O–H groups in total. The summed E-state index contributed by atoms with van der Waals surface area (Å²) < 4.78 is 54.1. The van der Waals surface area contributed by atoms with Crippen LogP contribution in [0.3, 0.4) is 0 Å². The van der Waals surface area contributed by atoms with Crippen molar-refractivity contribution in [3.63, 3.8) is 0 Å². The second-order valence-corrected chi connectivity index (χ2v) is 7.17. The molecular weight excluding hydrogens is 298 g/mol. The number of nitrogens with two attached hydrogens (primary N) is 1. The lowest BCUT2D eigenvalue weighted by molar-refractivity contribution is 0.282. The molecule has 1 aromatic carbocycles. The first-order valence-electron chi connectivity index (χ1n) is 7.12. The van der Waals surface area contributed by atoms with Crippen LogP contribution in [-0.4, -0.2) is 14.5 Å². The minimum atomic E-state index is -4.04. The largest absolute Gasteiger partial charge is 0.396 e. The molecule has 0 bridgehead atoms. The Morgan fingerprint density at radius 1 is 1.24 bits per heavy atom. The molecule has 2 unspecified atom stereocenters. The van der Waals surface area contributed by atoms with Crippen LogP contribution in [0, 0.1) is 17.6 Å². The van der Waals surface area contributed by atoms with Crippen LogP contribution in [0.25, 0.3) is 0 Å². The van der Waals surface area contributed by atoms with Crippen molar-refractivity contribution in [2.24, 2.45) is 5.92 Å². The van der Waals surface area contributed by atoms with Crippen molar-refractivity contribution in [3.05, 3.63) is 23.8 Å². The van der Waals surface area contributed by atoms with Gasteiger partial charge < -0.3 is 5.73 Å². The highest BCUT2D eigenvalue weighted by atomic mass is 32.2. The summed E-state index contributed by atoms with van der Waals surface area (Å²) in [5.41, 5.74) is 4.96. The molecule has 0 aromatic heterocycles. The van der Waals surface area contributed by atoms with E-state index in [0.717, 1.165) is 38.2 Å². The number of rotatable bonds is 4. The molecule has 1 fully saturated rings. The Labute approximate surface area is 123 Å². The molecule has 0 aliphatic heterocycles. The Morgan fingerprint density at radius 2 is 1.90 bits per heavy atom. The minimum absolute atomic E-state index is 0.209. The molecule has 1 saturated carbocycles. The molecule has 21 heavy (non-hydrogen) atoms. The fourth-order valence-corrected chi connectivity index (χ4v) is 4.30. The Hall–Kier alpha value is -1.21. The molecule has 1 aromatic rings. The van der Waals surface area contributed by atoms with Gasteiger partial charge in [-0.15, -0.1) is 0 Å². The van der Waals surface area contributed by atoms with Crippen LogP contribution in [0.4, 0.5) is 14.5 Å². The fourth-order valence-electron chi connectivity index (χ4n) is 2.87. The average Bonchev–Trinajstić information content (AvgIpc) is 2.43. The summed E-state index contributed by atoms with van der Waals surface area (Å²) in [4.78, 5) is -0.596. The van der Waals surface area contributed by atoms with Crippen molar-refractivity contribution in [3.8, 4) is 0 Å². The number of benzene rings is 1. The second kappa shape index (κ2) is 6.27. The Kier molecular flexibility index (Phi) is 4.83. The Morgan fingerprint density at radius 3 is 2.57 bits per heavy atom. The quantitative estimate of drug-likeness (QED) is 0.839. The molecule has 118 valence electrons. The first-order chi connectivity index (χ1) is 9.85. The van der Waals surface area contributed by atoms with Gasteiger partial charge >= 0.3 is 0 Å². The zero-order valence-electron chi connectivity index (χ0n) is 11.9. The topological polar surface area (TPSA) is 72.2 Å². The SMILES string of the molecule is CCC1CCCCC1NS(=O)(=O)c1cc(N)c(F)cc1F. The van der Waals surface area contributed by atoms with Gasteiger partial charge in [-0.05, 0) is 24.8 Å². The van der Waals surface area contributed by atoms with Crippen LogP contribution in [0.2, 0.25) is 0 Å². The van der Waals surface area contributed by atoms with Gasteiger partial charge in [0, 0.05) is 12.1 Å². The zero-order chi connectivity index (χ0) is 15.6. The van der Waals surface area contributed by atoms with E-state index in [2.05, 4.69) is 4.72 Å². The van der Waals surface area contributed by atoms with E-state index in [0.29, 0.717) is 6.07 Å². The summed E-state index contributed by atoms with van der Waals surface area (Å²) >= 11 is 0. The van der Waals surface area contributed by atoms with Gasteiger partial charge in [0.2, 0.25) is 10.0 Å². The molecular formula is C14H20F2N2O2S. The van der Waals surface area contributed by atoms with E-state index < -0.39 is 26.6 Å². The third-order valence-electron chi connectivity index (χ3n) is 4.08. The molecule has 0 amide bonds. The maximum absolute atomic E-state index is 13.7. The lowest BCUT2D eigenvalue weighted by atomic mass is 9.83. The number of nitrogen functional groups attached to an aromatic ring is 1. The maximum atomic E-state index is 13.7. The first-order valence-corrected chi connectivity index (χ1v) is 8.60. The van der Waals surface area contributed by atoms with E-state index in [9.17, 15) is 17.2 Å². The number of halogens is 2. The van der Waals surface area contributed by atoms with Crippen molar-refractivity contribution in [1.29, 1.82) is 0 Å². The van der Waals surface area contributed by atoms with Gasteiger partial charge in [-0.1, -0.05) is 26.2 Å². The van der Waals surface area contributed by atoms with Crippen molar-refractivity contribution in [1.82, 2.24) is 4.72 Å². The predicted octanol–water partition coefficient (Wildman–Crippen LogP) is 2.79. The van der Waals surface area contributed by atoms with Crippen LogP contribution in [0.5, 0.6) is 0 Å². The van der Waals surface area contributed by atoms with E-state index in [4.69, 9.17) is 5.73 Å². The van der Waals surface area contributed by atoms with Crippen molar-refractivity contribution in [2.45, 2.75) is 50.0 Å². The van der Waals surface area contributed by atoms with Gasteiger partial charge in [-0.2, -0.15) is 0 Å². The average molecular weight is 318 g/mol. The smallest absolute Gasteiger partial charge is 0.243 e. The van der Waals surface area contributed by atoms with E-state index in [1.54, 1.807) is 0 Å². The van der Waals surface area contributed by atoms with Crippen LogP contribution in [-0.2, 0) is 10.0 Å². The lowest BCUT2D eigenvalue weighted by Crippen LogP contribution is -2.42. The van der Waals surface area contributed by atoms with E-state index in [1.165, 1.54) is 0 Å². The summed E-state index contributed by atoms with van der Waals surface area (Å²) in [6.45, 7) is 2.01. The third-order valence-corrected chi connectivity index (χ3v) is 5.59. The predicted molar refractivity (Wildman–Crippen MR) is 77.1 cm³/mol. The summed E-state index contributed by atoms with van der Waals surface area (Å²) in [6, 6.07) is 1.12. The molecule has 2 rings (SSSR count). The molecule has 0 spiro atoms. The van der Waals surface area contributed by atoms with E-state index >= 15 is 0 Å². The number of anilines is 1. The summed E-state index contributed by atoms with van der Waals surface area (Å²) in [6.07, 6.45) is 4.57. The van der Waals surface area contributed by atoms with Crippen molar-refractivity contribution in [2.75, 3.05) is 5.73 Å². The first kappa shape index (κ1) is 16.2. The Bertz CT molecular complexity index is 620. The summed E-state index contributed by atoms with van der Waals surface area (Å²) in [5.74, 6) is -1.84. The highest BCUT2D eigenvalue weighted by molar-refractivity contribution is 7.89. The minimum Gasteiger partial charge on any atom is -0.396 e. The van der Waals surface area contributed by atoms with Gasteiger partial charge in [-0.25, -0.2) is 21.9 Å². The number of hydrogen-bond donors (Lipinski definition) is 2. The lowest BCUT2D eigenvalue weighted by Gasteiger charge is -2.31. The molecule has 0 heterocycles. The molecule has 1 aliphatic rings. The number of hydrogen-bond acceptors (Lipinski definition) is 3. The monoisotopic (exact) mass is 318 g/mol. The summed E-state index contributed by atoms with van der Waals surface area (Å²) in [7, 11) is -4.04.